The van der Waals surface area contributed by atoms with Crippen LogP contribution in [0.4, 0.5) is 5.82 Å². The maximum Gasteiger partial charge on any atom is 0.122 e. The summed E-state index contributed by atoms with van der Waals surface area (Å²) in [6.07, 6.45) is 1.03. The first-order valence-corrected chi connectivity index (χ1v) is 6.10. The Morgan fingerprint density at radius 3 is 2.81 bits per heavy atom. The van der Waals surface area contributed by atoms with E-state index in [4.69, 9.17) is 5.73 Å². The number of nitrogens with zero attached hydrogens (tertiary/aromatic N) is 2. The van der Waals surface area contributed by atoms with Gasteiger partial charge in [0.1, 0.15) is 5.82 Å². The number of halogens is 1. The molecular formula is C12H14BrN3. The molecule has 2 N–H and O–H groups in total. The van der Waals surface area contributed by atoms with Crippen LogP contribution in [0.15, 0.2) is 34.8 Å². The van der Waals surface area contributed by atoms with Crippen molar-refractivity contribution in [1.29, 1.82) is 0 Å². The zero-order valence-corrected chi connectivity index (χ0v) is 10.7. The Labute approximate surface area is 103 Å². The van der Waals surface area contributed by atoms with E-state index in [1.165, 1.54) is 0 Å². The van der Waals surface area contributed by atoms with Gasteiger partial charge >= 0.3 is 0 Å². The predicted molar refractivity (Wildman–Crippen MR) is 70.1 cm³/mol. The summed E-state index contributed by atoms with van der Waals surface area (Å²) in [4.78, 5) is 0. The second kappa shape index (κ2) is 4.70. The quantitative estimate of drug-likeness (QED) is 0.937. The fourth-order valence-corrected chi connectivity index (χ4v) is 2.11. The summed E-state index contributed by atoms with van der Waals surface area (Å²) in [5, 5.41) is 4.49. The van der Waals surface area contributed by atoms with E-state index in [1.54, 1.807) is 0 Å². The lowest BCUT2D eigenvalue weighted by Crippen LogP contribution is -2.03. The average molecular weight is 280 g/mol. The summed E-state index contributed by atoms with van der Waals surface area (Å²) in [6, 6.07) is 9.93. The van der Waals surface area contributed by atoms with E-state index < -0.39 is 0 Å². The largest absolute Gasteiger partial charge is 0.384 e. The third kappa shape index (κ3) is 2.11. The van der Waals surface area contributed by atoms with Gasteiger partial charge < -0.3 is 5.73 Å². The van der Waals surface area contributed by atoms with Gasteiger partial charge in [0.25, 0.3) is 0 Å². The molecule has 1 aromatic carbocycles. The highest BCUT2D eigenvalue weighted by Crippen LogP contribution is 2.27. The number of rotatable bonds is 3. The van der Waals surface area contributed by atoms with Crippen molar-refractivity contribution in [2.24, 2.45) is 0 Å². The Balaban J connectivity index is 2.42. The molecule has 4 heteroatoms. The highest BCUT2D eigenvalue weighted by molar-refractivity contribution is 9.10. The van der Waals surface area contributed by atoms with Crippen LogP contribution in [0.1, 0.15) is 13.3 Å². The zero-order valence-electron chi connectivity index (χ0n) is 9.15. The van der Waals surface area contributed by atoms with Crippen molar-refractivity contribution in [3.63, 3.8) is 0 Å². The first kappa shape index (κ1) is 11.2. The fraction of sp³-hybridized carbons (Fsp3) is 0.250. The maximum absolute atomic E-state index is 5.90. The van der Waals surface area contributed by atoms with E-state index in [0.29, 0.717) is 5.82 Å². The molecule has 1 heterocycles. The minimum Gasteiger partial charge on any atom is -0.384 e. The number of aryl methyl sites for hydroxylation is 1. The molecule has 0 aliphatic rings. The molecule has 0 bridgehead atoms. The number of benzene rings is 1. The Hall–Kier alpha value is -1.29. The van der Waals surface area contributed by atoms with Gasteiger partial charge in [-0.1, -0.05) is 41.1 Å². The molecule has 2 rings (SSSR count). The molecule has 0 amide bonds. The highest BCUT2D eigenvalue weighted by Gasteiger charge is 2.08. The first-order chi connectivity index (χ1) is 7.72. The van der Waals surface area contributed by atoms with Crippen molar-refractivity contribution < 1.29 is 0 Å². The monoisotopic (exact) mass is 279 g/mol. The lowest BCUT2D eigenvalue weighted by molar-refractivity contribution is 0.613. The molecule has 0 spiro atoms. The van der Waals surface area contributed by atoms with Crippen LogP contribution in [0, 0.1) is 0 Å². The predicted octanol–water partition coefficient (Wildman–Crippen LogP) is 3.30. The van der Waals surface area contributed by atoms with Crippen LogP contribution in [-0.2, 0) is 6.54 Å². The number of nitrogen functional groups attached to an aromatic ring is 1. The molecule has 16 heavy (non-hydrogen) atoms. The highest BCUT2D eigenvalue weighted by atomic mass is 79.9. The number of aromatic nitrogens is 2. The second-order valence-electron chi connectivity index (χ2n) is 3.66. The molecule has 2 aromatic rings. The molecular weight excluding hydrogens is 266 g/mol. The summed E-state index contributed by atoms with van der Waals surface area (Å²) in [5.41, 5.74) is 7.89. The van der Waals surface area contributed by atoms with Gasteiger partial charge in [-0.25, -0.2) is 4.68 Å². The van der Waals surface area contributed by atoms with E-state index in [2.05, 4.69) is 28.0 Å². The van der Waals surface area contributed by atoms with Crippen LogP contribution >= 0.6 is 15.9 Å². The van der Waals surface area contributed by atoms with E-state index in [9.17, 15) is 0 Å². The number of nitrogens with two attached hydrogens (primary N) is 1. The number of hydrogen-bond acceptors (Lipinski definition) is 2. The smallest absolute Gasteiger partial charge is 0.122 e. The van der Waals surface area contributed by atoms with Gasteiger partial charge in [-0.2, -0.15) is 5.10 Å². The van der Waals surface area contributed by atoms with E-state index in [-0.39, 0.29) is 0 Å². The van der Waals surface area contributed by atoms with Crippen LogP contribution in [0.3, 0.4) is 0 Å². The van der Waals surface area contributed by atoms with Gasteiger partial charge in [0.05, 0.1) is 5.69 Å². The lowest BCUT2D eigenvalue weighted by atomic mass is 10.1. The third-order valence-electron chi connectivity index (χ3n) is 2.40. The van der Waals surface area contributed by atoms with Gasteiger partial charge in [-0.3, -0.25) is 0 Å². The first-order valence-electron chi connectivity index (χ1n) is 5.30. The van der Waals surface area contributed by atoms with Gasteiger partial charge in [-0.05, 0) is 12.5 Å². The average Bonchev–Trinajstić information content (AvgIpc) is 2.61. The molecule has 0 saturated heterocycles. The van der Waals surface area contributed by atoms with Crippen LogP contribution in [0.2, 0.25) is 0 Å². The molecule has 1 aromatic heterocycles. The van der Waals surface area contributed by atoms with Crippen LogP contribution in [-0.4, -0.2) is 9.78 Å². The summed E-state index contributed by atoms with van der Waals surface area (Å²) < 4.78 is 2.88. The Bertz CT molecular complexity index is 491. The summed E-state index contributed by atoms with van der Waals surface area (Å²) in [7, 11) is 0. The van der Waals surface area contributed by atoms with Crippen LogP contribution < -0.4 is 5.73 Å². The number of hydrogen-bond donors (Lipinski definition) is 1. The minimum absolute atomic E-state index is 0.715. The molecule has 0 unspecified atom stereocenters. The Morgan fingerprint density at radius 2 is 2.12 bits per heavy atom. The van der Waals surface area contributed by atoms with Crippen molar-refractivity contribution in [2.45, 2.75) is 19.9 Å². The summed E-state index contributed by atoms with van der Waals surface area (Å²) in [6.45, 7) is 2.97. The third-order valence-corrected chi connectivity index (χ3v) is 3.09. The summed E-state index contributed by atoms with van der Waals surface area (Å²) in [5.74, 6) is 0.715. The van der Waals surface area contributed by atoms with E-state index in [1.807, 2.05) is 35.0 Å². The van der Waals surface area contributed by atoms with Crippen molar-refractivity contribution in [2.75, 3.05) is 5.73 Å². The van der Waals surface area contributed by atoms with Gasteiger partial charge in [0.15, 0.2) is 0 Å². The van der Waals surface area contributed by atoms with Gasteiger partial charge in [-0.15, -0.1) is 0 Å². The Morgan fingerprint density at radius 1 is 1.38 bits per heavy atom. The molecule has 0 aliphatic heterocycles. The molecule has 0 radical (unpaired) electrons. The SMILES string of the molecule is CCCn1nc(-c2ccccc2Br)cc1N. The molecule has 0 saturated carbocycles. The molecule has 0 atom stereocenters. The molecule has 0 aliphatic carbocycles. The standard InChI is InChI=1S/C12H14BrN3/c1-2-7-16-12(14)8-11(15-16)9-5-3-4-6-10(9)13/h3-6,8H,2,7,14H2,1H3. The molecule has 84 valence electrons. The van der Waals surface area contributed by atoms with Gasteiger partial charge in [0, 0.05) is 22.6 Å². The van der Waals surface area contributed by atoms with E-state index >= 15 is 0 Å². The van der Waals surface area contributed by atoms with Crippen LogP contribution in [0.5, 0.6) is 0 Å². The summed E-state index contributed by atoms with van der Waals surface area (Å²) >= 11 is 3.52. The number of anilines is 1. The van der Waals surface area contributed by atoms with Crippen LogP contribution in [0.25, 0.3) is 11.3 Å². The normalized spacial score (nSPS) is 10.6. The van der Waals surface area contributed by atoms with Crippen molar-refractivity contribution in [1.82, 2.24) is 9.78 Å². The Kier molecular flexibility index (Phi) is 3.29. The van der Waals surface area contributed by atoms with E-state index in [0.717, 1.165) is 28.7 Å². The van der Waals surface area contributed by atoms with Crippen molar-refractivity contribution in [3.05, 3.63) is 34.8 Å². The molecule has 0 fully saturated rings. The van der Waals surface area contributed by atoms with Crippen molar-refractivity contribution >= 4 is 21.7 Å². The zero-order chi connectivity index (χ0) is 11.5. The molecule has 3 nitrogen and oxygen atoms in total. The van der Waals surface area contributed by atoms with Crippen molar-refractivity contribution in [3.8, 4) is 11.3 Å². The minimum atomic E-state index is 0.715. The van der Waals surface area contributed by atoms with Gasteiger partial charge in [0.2, 0.25) is 0 Å². The topological polar surface area (TPSA) is 43.8 Å². The second-order valence-corrected chi connectivity index (χ2v) is 4.51. The lowest BCUT2D eigenvalue weighted by Gasteiger charge is -2.00. The maximum atomic E-state index is 5.90. The fourth-order valence-electron chi connectivity index (χ4n) is 1.62.